The van der Waals surface area contributed by atoms with Crippen LogP contribution in [0.5, 0.6) is 5.75 Å². The summed E-state index contributed by atoms with van der Waals surface area (Å²) >= 11 is 6.40. The largest absolute Gasteiger partial charge is 0.496 e. The lowest BCUT2D eigenvalue weighted by molar-refractivity contribution is 0.380. The number of nitrogens with one attached hydrogen (secondary N) is 1. The van der Waals surface area contributed by atoms with Crippen LogP contribution in [0.2, 0.25) is 5.02 Å². The molecule has 1 N–H and O–H groups in total. The minimum absolute atomic E-state index is 0.0289. The molecule has 6 heteroatoms. The van der Waals surface area contributed by atoms with Gasteiger partial charge < -0.3 is 10.1 Å². The van der Waals surface area contributed by atoms with Crippen LogP contribution in [0.15, 0.2) is 54.9 Å². The predicted octanol–water partition coefficient (Wildman–Crippen LogP) is 4.09. The molecule has 0 amide bonds. The average Bonchev–Trinajstić information content (AvgIpc) is 3.10. The second-order valence-corrected chi connectivity index (χ2v) is 6.15. The molecule has 0 aliphatic carbocycles. The summed E-state index contributed by atoms with van der Waals surface area (Å²) in [5, 5.41) is 8.58. The molecule has 2 unspecified atom stereocenters. The van der Waals surface area contributed by atoms with Gasteiger partial charge in [0.15, 0.2) is 0 Å². The van der Waals surface area contributed by atoms with Gasteiger partial charge in [-0.2, -0.15) is 10.1 Å². The lowest BCUT2D eigenvalue weighted by atomic mass is 9.93. The summed E-state index contributed by atoms with van der Waals surface area (Å²) in [6.45, 7) is 0. The number of halogens is 1. The number of methoxy groups -OCH3 is 1. The Bertz CT molecular complexity index is 863. The summed E-state index contributed by atoms with van der Waals surface area (Å²) in [5.74, 6) is 1.59. The Balaban J connectivity index is 1.79. The minimum atomic E-state index is 0.0289. The highest BCUT2D eigenvalue weighted by Gasteiger charge is 2.32. The first-order valence-corrected chi connectivity index (χ1v) is 8.19. The highest BCUT2D eigenvalue weighted by Crippen LogP contribution is 2.41. The van der Waals surface area contributed by atoms with Gasteiger partial charge in [0.1, 0.15) is 12.1 Å². The number of para-hydroxylation sites is 1. The van der Waals surface area contributed by atoms with Gasteiger partial charge in [-0.3, -0.25) is 0 Å². The fourth-order valence-corrected chi connectivity index (χ4v) is 3.55. The smallest absolute Gasteiger partial charge is 0.222 e. The zero-order valence-corrected chi connectivity index (χ0v) is 13.9. The molecule has 24 heavy (non-hydrogen) atoms. The van der Waals surface area contributed by atoms with Crippen molar-refractivity contribution in [3.63, 3.8) is 0 Å². The number of nitrogens with zero attached hydrogens (tertiary/aromatic N) is 3. The van der Waals surface area contributed by atoms with Gasteiger partial charge in [-0.1, -0.05) is 48.0 Å². The van der Waals surface area contributed by atoms with Crippen LogP contribution in [-0.4, -0.2) is 21.9 Å². The van der Waals surface area contributed by atoms with Crippen LogP contribution in [0.3, 0.4) is 0 Å². The second kappa shape index (κ2) is 6.17. The van der Waals surface area contributed by atoms with E-state index in [0.717, 1.165) is 34.3 Å². The first kappa shape index (κ1) is 15.0. The third-order valence-corrected chi connectivity index (χ3v) is 4.75. The number of hydrogen-bond acceptors (Lipinski definition) is 4. The van der Waals surface area contributed by atoms with Crippen molar-refractivity contribution in [3.8, 4) is 5.75 Å². The molecule has 2 aromatic carbocycles. The van der Waals surface area contributed by atoms with Crippen molar-refractivity contribution < 1.29 is 4.74 Å². The zero-order valence-electron chi connectivity index (χ0n) is 13.2. The molecule has 0 fully saturated rings. The van der Waals surface area contributed by atoms with Crippen molar-refractivity contribution in [1.82, 2.24) is 14.8 Å². The summed E-state index contributed by atoms with van der Waals surface area (Å²) in [5.41, 5.74) is 2.15. The Labute approximate surface area is 145 Å². The van der Waals surface area contributed by atoms with Gasteiger partial charge in [-0.25, -0.2) is 4.68 Å². The van der Waals surface area contributed by atoms with Gasteiger partial charge in [0.25, 0.3) is 0 Å². The number of aromatic nitrogens is 3. The van der Waals surface area contributed by atoms with Gasteiger partial charge in [0.05, 0.1) is 19.2 Å². The van der Waals surface area contributed by atoms with Crippen LogP contribution in [0.4, 0.5) is 5.95 Å². The third kappa shape index (κ3) is 2.51. The lowest BCUT2D eigenvalue weighted by Gasteiger charge is -2.32. The molecule has 0 spiro atoms. The maximum Gasteiger partial charge on any atom is 0.222 e. The molecule has 0 saturated carbocycles. The third-order valence-electron chi connectivity index (χ3n) is 4.41. The van der Waals surface area contributed by atoms with Crippen LogP contribution in [0, 0.1) is 0 Å². The van der Waals surface area contributed by atoms with Crippen LogP contribution in [0.25, 0.3) is 0 Å². The van der Waals surface area contributed by atoms with Crippen LogP contribution < -0.4 is 10.1 Å². The summed E-state index contributed by atoms with van der Waals surface area (Å²) in [6, 6.07) is 16.0. The highest BCUT2D eigenvalue weighted by molar-refractivity contribution is 6.31. The Morgan fingerprint density at radius 1 is 1.12 bits per heavy atom. The minimum Gasteiger partial charge on any atom is -0.496 e. The van der Waals surface area contributed by atoms with E-state index in [1.807, 2.05) is 47.1 Å². The van der Waals surface area contributed by atoms with Crippen LogP contribution in [-0.2, 0) is 0 Å². The fourth-order valence-electron chi connectivity index (χ4n) is 3.28. The molecule has 3 aromatic rings. The molecule has 122 valence electrons. The first-order valence-electron chi connectivity index (χ1n) is 7.81. The topological polar surface area (TPSA) is 52.0 Å². The Morgan fingerprint density at radius 2 is 1.88 bits per heavy atom. The first-order chi connectivity index (χ1) is 11.8. The quantitative estimate of drug-likeness (QED) is 0.780. The van der Waals surface area contributed by atoms with Gasteiger partial charge in [-0.15, -0.1) is 0 Å². The standard InChI is InChI=1S/C18H17ClN4O/c1-24-17-9-5-3-7-13(17)16-10-15(12-6-2-4-8-14(12)19)22-18-20-11-21-23(16)18/h2-9,11,15-16H,10H2,1H3,(H,20,21,22). The highest BCUT2D eigenvalue weighted by atomic mass is 35.5. The van der Waals surface area contributed by atoms with Gasteiger partial charge in [0, 0.05) is 10.6 Å². The zero-order chi connectivity index (χ0) is 16.5. The Morgan fingerprint density at radius 3 is 2.67 bits per heavy atom. The molecular weight excluding hydrogens is 324 g/mol. The molecule has 1 aliphatic rings. The van der Waals surface area contributed by atoms with Crippen molar-refractivity contribution in [2.24, 2.45) is 0 Å². The van der Waals surface area contributed by atoms with Crippen molar-refractivity contribution in [2.75, 3.05) is 12.4 Å². The molecule has 2 atom stereocenters. The van der Waals surface area contributed by atoms with Crippen molar-refractivity contribution in [3.05, 3.63) is 71.0 Å². The number of rotatable bonds is 3. The number of fused-ring (bicyclic) bond motifs is 1. The summed E-state index contributed by atoms with van der Waals surface area (Å²) in [6.07, 6.45) is 2.38. The number of ether oxygens (including phenoxy) is 1. The molecule has 0 bridgehead atoms. The molecule has 0 radical (unpaired) electrons. The van der Waals surface area contributed by atoms with E-state index in [-0.39, 0.29) is 12.1 Å². The fraction of sp³-hybridized carbons (Fsp3) is 0.222. The summed E-state index contributed by atoms with van der Waals surface area (Å²) in [7, 11) is 1.69. The van der Waals surface area contributed by atoms with Crippen LogP contribution >= 0.6 is 11.6 Å². The maximum atomic E-state index is 6.40. The van der Waals surface area contributed by atoms with E-state index in [0.29, 0.717) is 0 Å². The van der Waals surface area contributed by atoms with Crippen LogP contribution in [0.1, 0.15) is 29.6 Å². The monoisotopic (exact) mass is 340 g/mol. The summed E-state index contributed by atoms with van der Waals surface area (Å²) < 4.78 is 7.45. The average molecular weight is 341 g/mol. The maximum absolute atomic E-state index is 6.40. The molecular formula is C18H17ClN4O. The van der Waals surface area contributed by atoms with E-state index in [9.17, 15) is 0 Å². The van der Waals surface area contributed by atoms with Crippen molar-refractivity contribution >= 4 is 17.5 Å². The van der Waals surface area contributed by atoms with Gasteiger partial charge >= 0.3 is 0 Å². The lowest BCUT2D eigenvalue weighted by Crippen LogP contribution is -2.28. The Kier molecular flexibility index (Phi) is 3.86. The molecule has 5 nitrogen and oxygen atoms in total. The normalized spacial score (nSPS) is 19.4. The number of anilines is 1. The van der Waals surface area contributed by atoms with Crippen molar-refractivity contribution in [2.45, 2.75) is 18.5 Å². The molecule has 1 aromatic heterocycles. The van der Waals surface area contributed by atoms with Crippen molar-refractivity contribution in [1.29, 1.82) is 0 Å². The molecule has 2 heterocycles. The number of hydrogen-bond donors (Lipinski definition) is 1. The van der Waals surface area contributed by atoms with Gasteiger partial charge in [0.2, 0.25) is 5.95 Å². The predicted molar refractivity (Wildman–Crippen MR) is 93.6 cm³/mol. The van der Waals surface area contributed by atoms with Gasteiger partial charge in [-0.05, 0) is 24.1 Å². The van der Waals surface area contributed by atoms with E-state index in [1.165, 1.54) is 0 Å². The van der Waals surface area contributed by atoms with E-state index >= 15 is 0 Å². The van der Waals surface area contributed by atoms with E-state index in [2.05, 4.69) is 21.5 Å². The van der Waals surface area contributed by atoms with E-state index < -0.39 is 0 Å². The second-order valence-electron chi connectivity index (χ2n) is 5.74. The van der Waals surface area contributed by atoms with E-state index in [4.69, 9.17) is 16.3 Å². The van der Waals surface area contributed by atoms with E-state index in [1.54, 1.807) is 13.4 Å². The summed E-state index contributed by atoms with van der Waals surface area (Å²) in [4.78, 5) is 4.35. The SMILES string of the molecule is COc1ccccc1C1CC(c2ccccc2Cl)Nc2ncnn21. The number of benzene rings is 2. The Hall–Kier alpha value is -2.53. The molecule has 1 aliphatic heterocycles. The molecule has 0 saturated heterocycles. The molecule has 4 rings (SSSR count).